The molecular weight excluding hydrogens is 293 g/mol. The molecule has 5 heteroatoms. The first-order valence-electron chi connectivity index (χ1n) is 6.30. The summed E-state index contributed by atoms with van der Waals surface area (Å²) in [6.45, 7) is 1.78. The molecule has 2 aromatic rings. The van der Waals surface area contributed by atoms with Crippen LogP contribution in [-0.4, -0.2) is 5.11 Å². The Morgan fingerprint density at radius 1 is 1.33 bits per heavy atom. The molecule has 0 saturated carbocycles. The molecule has 0 unspecified atom stereocenters. The predicted molar refractivity (Wildman–Crippen MR) is 77.5 cm³/mol. The van der Waals surface area contributed by atoms with Gasteiger partial charge in [0.1, 0.15) is 24.2 Å². The predicted octanol–water partition coefficient (Wildman–Crippen LogP) is 3.98. The minimum absolute atomic E-state index is 0.0250. The lowest BCUT2D eigenvalue weighted by Crippen LogP contribution is -2.01. The van der Waals surface area contributed by atoms with Gasteiger partial charge in [-0.3, -0.25) is 0 Å². The van der Waals surface area contributed by atoms with Crippen molar-refractivity contribution in [2.75, 3.05) is 0 Å². The minimum atomic E-state index is -0.721. The van der Waals surface area contributed by atoms with Gasteiger partial charge in [-0.25, -0.2) is 4.39 Å². The Balaban J connectivity index is 2.19. The van der Waals surface area contributed by atoms with Crippen molar-refractivity contribution < 1.29 is 14.2 Å². The fourth-order valence-electron chi connectivity index (χ4n) is 1.89. The van der Waals surface area contributed by atoms with Crippen LogP contribution in [0.3, 0.4) is 0 Å². The van der Waals surface area contributed by atoms with Crippen molar-refractivity contribution in [2.24, 2.45) is 0 Å². The van der Waals surface area contributed by atoms with Crippen LogP contribution in [0.15, 0.2) is 36.4 Å². The lowest BCUT2D eigenvalue weighted by molar-refractivity contribution is 0.190. The van der Waals surface area contributed by atoms with Gasteiger partial charge in [-0.1, -0.05) is 17.7 Å². The van der Waals surface area contributed by atoms with E-state index < -0.39 is 11.9 Å². The maximum absolute atomic E-state index is 13.2. The highest BCUT2D eigenvalue weighted by molar-refractivity contribution is 6.30. The standard InChI is InChI=1S/C16H13ClFNO2/c1-10(20)14-7-13(17)3-5-16(14)21-9-11-2-4-15(18)12(6-11)8-19/h2-7,10,20H,9H2,1H3/t10-/m0/s1. The van der Waals surface area contributed by atoms with Crippen molar-refractivity contribution in [3.05, 3.63) is 63.9 Å². The molecule has 0 bridgehead atoms. The van der Waals surface area contributed by atoms with Crippen LogP contribution in [0.5, 0.6) is 5.75 Å². The van der Waals surface area contributed by atoms with Gasteiger partial charge >= 0.3 is 0 Å². The molecule has 0 radical (unpaired) electrons. The van der Waals surface area contributed by atoms with E-state index in [4.69, 9.17) is 21.6 Å². The molecule has 1 atom stereocenters. The van der Waals surface area contributed by atoms with Crippen LogP contribution in [-0.2, 0) is 6.61 Å². The van der Waals surface area contributed by atoms with Crippen LogP contribution < -0.4 is 4.74 Å². The summed E-state index contributed by atoms with van der Waals surface area (Å²) >= 11 is 5.89. The summed E-state index contributed by atoms with van der Waals surface area (Å²) in [5.74, 6) is -0.0605. The monoisotopic (exact) mass is 305 g/mol. The Kier molecular flexibility index (Phi) is 4.79. The number of rotatable bonds is 4. The largest absolute Gasteiger partial charge is 0.489 e. The lowest BCUT2D eigenvalue weighted by Gasteiger charge is -2.14. The van der Waals surface area contributed by atoms with Gasteiger partial charge in [-0.15, -0.1) is 0 Å². The third-order valence-corrected chi connectivity index (χ3v) is 3.20. The van der Waals surface area contributed by atoms with Gasteiger partial charge in [0.05, 0.1) is 11.7 Å². The highest BCUT2D eigenvalue weighted by atomic mass is 35.5. The molecule has 2 rings (SSSR count). The summed E-state index contributed by atoms with van der Waals surface area (Å²) in [4.78, 5) is 0. The second-order valence-corrected chi connectivity index (χ2v) is 5.01. The summed E-state index contributed by atoms with van der Waals surface area (Å²) in [6.07, 6.45) is -0.721. The van der Waals surface area contributed by atoms with E-state index in [0.717, 1.165) is 0 Å². The van der Waals surface area contributed by atoms with Gasteiger partial charge < -0.3 is 9.84 Å². The molecule has 0 aromatic heterocycles. The first-order chi connectivity index (χ1) is 10.0. The van der Waals surface area contributed by atoms with Crippen molar-refractivity contribution in [3.63, 3.8) is 0 Å². The summed E-state index contributed by atoms with van der Waals surface area (Å²) < 4.78 is 18.9. The number of nitriles is 1. The third kappa shape index (κ3) is 3.72. The molecule has 1 N–H and O–H groups in total. The number of aliphatic hydroxyl groups excluding tert-OH is 1. The zero-order valence-corrected chi connectivity index (χ0v) is 12.1. The SMILES string of the molecule is C[C@H](O)c1cc(Cl)ccc1OCc1ccc(F)c(C#N)c1. The van der Waals surface area contributed by atoms with E-state index in [-0.39, 0.29) is 12.2 Å². The normalized spacial score (nSPS) is 11.8. The fraction of sp³-hybridized carbons (Fsp3) is 0.188. The molecule has 0 spiro atoms. The van der Waals surface area contributed by atoms with E-state index in [1.54, 1.807) is 37.3 Å². The van der Waals surface area contributed by atoms with Crippen molar-refractivity contribution in [3.8, 4) is 11.8 Å². The summed E-state index contributed by atoms with van der Waals surface area (Å²) in [7, 11) is 0. The number of halogens is 2. The molecule has 21 heavy (non-hydrogen) atoms. The quantitative estimate of drug-likeness (QED) is 0.929. The first-order valence-corrected chi connectivity index (χ1v) is 6.68. The van der Waals surface area contributed by atoms with Gasteiger partial charge in [-0.2, -0.15) is 5.26 Å². The minimum Gasteiger partial charge on any atom is -0.489 e. The summed E-state index contributed by atoms with van der Waals surface area (Å²) in [5, 5.41) is 19.0. The summed E-state index contributed by atoms with van der Waals surface area (Å²) in [6, 6.07) is 11.0. The smallest absolute Gasteiger partial charge is 0.140 e. The van der Waals surface area contributed by atoms with Gasteiger partial charge in [0.15, 0.2) is 0 Å². The Labute approximate surface area is 127 Å². The van der Waals surface area contributed by atoms with Gasteiger partial charge in [0, 0.05) is 10.6 Å². The maximum Gasteiger partial charge on any atom is 0.140 e. The van der Waals surface area contributed by atoms with Crippen LogP contribution in [0.2, 0.25) is 5.02 Å². The van der Waals surface area contributed by atoms with E-state index in [9.17, 15) is 9.50 Å². The van der Waals surface area contributed by atoms with Gasteiger partial charge in [0.2, 0.25) is 0 Å². The molecule has 3 nitrogen and oxygen atoms in total. The van der Waals surface area contributed by atoms with Crippen molar-refractivity contribution in [1.29, 1.82) is 5.26 Å². The Morgan fingerprint density at radius 2 is 2.10 bits per heavy atom. The molecule has 108 valence electrons. The Morgan fingerprint density at radius 3 is 2.76 bits per heavy atom. The number of nitrogens with zero attached hydrogens (tertiary/aromatic N) is 1. The lowest BCUT2D eigenvalue weighted by atomic mass is 10.1. The topological polar surface area (TPSA) is 53.2 Å². The molecule has 0 fully saturated rings. The van der Waals surface area contributed by atoms with Crippen molar-refractivity contribution >= 4 is 11.6 Å². The Bertz CT molecular complexity index is 695. The first kappa shape index (κ1) is 15.3. The molecule has 0 aliphatic heterocycles. The molecule has 0 aliphatic carbocycles. The van der Waals surface area contributed by atoms with Crippen LogP contribution in [0, 0.1) is 17.1 Å². The second-order valence-electron chi connectivity index (χ2n) is 4.57. The number of hydrogen-bond donors (Lipinski definition) is 1. The zero-order chi connectivity index (χ0) is 15.4. The van der Waals surface area contributed by atoms with E-state index in [2.05, 4.69) is 0 Å². The fourth-order valence-corrected chi connectivity index (χ4v) is 2.07. The summed E-state index contributed by atoms with van der Waals surface area (Å²) in [5.41, 5.74) is 1.22. The number of aliphatic hydroxyl groups is 1. The number of ether oxygens (including phenoxy) is 1. The molecule has 0 amide bonds. The molecule has 0 saturated heterocycles. The van der Waals surface area contributed by atoms with E-state index in [0.29, 0.717) is 21.9 Å². The van der Waals surface area contributed by atoms with Crippen molar-refractivity contribution in [1.82, 2.24) is 0 Å². The molecular formula is C16H13ClFNO2. The second kappa shape index (κ2) is 6.57. The van der Waals surface area contributed by atoms with Crippen LogP contribution in [0.1, 0.15) is 29.7 Å². The average Bonchev–Trinajstić information content (AvgIpc) is 2.47. The van der Waals surface area contributed by atoms with Crippen LogP contribution in [0.25, 0.3) is 0 Å². The van der Waals surface area contributed by atoms with E-state index in [1.165, 1.54) is 12.1 Å². The highest BCUT2D eigenvalue weighted by Crippen LogP contribution is 2.29. The highest BCUT2D eigenvalue weighted by Gasteiger charge is 2.11. The van der Waals surface area contributed by atoms with Crippen molar-refractivity contribution in [2.45, 2.75) is 19.6 Å². The molecule has 0 heterocycles. The Hall–Kier alpha value is -2.09. The maximum atomic E-state index is 13.2. The number of benzene rings is 2. The van der Waals surface area contributed by atoms with Crippen LogP contribution in [0.4, 0.5) is 4.39 Å². The van der Waals surface area contributed by atoms with E-state index in [1.807, 2.05) is 0 Å². The van der Waals surface area contributed by atoms with Gasteiger partial charge in [-0.05, 0) is 42.8 Å². The third-order valence-electron chi connectivity index (χ3n) is 2.97. The van der Waals surface area contributed by atoms with Gasteiger partial charge in [0.25, 0.3) is 0 Å². The number of hydrogen-bond acceptors (Lipinski definition) is 3. The van der Waals surface area contributed by atoms with E-state index >= 15 is 0 Å². The van der Waals surface area contributed by atoms with Crippen LogP contribution >= 0.6 is 11.6 Å². The molecule has 0 aliphatic rings. The zero-order valence-electron chi connectivity index (χ0n) is 11.3. The molecule has 2 aromatic carbocycles. The average molecular weight is 306 g/mol.